The molecule has 0 atom stereocenters. The maximum Gasteiger partial charge on any atom is 0.0540 e. The predicted molar refractivity (Wildman–Crippen MR) is 144 cm³/mol. The molecular weight excluding hydrogens is 398 g/mol. The maximum absolute atomic E-state index is 2.41. The molecule has 6 aromatic carbocycles. The molecule has 0 amide bonds. The Hall–Kier alpha value is -3.84. The second-order valence-corrected chi connectivity index (χ2v) is 8.82. The smallest absolute Gasteiger partial charge is 0.0540 e. The van der Waals surface area contributed by atoms with E-state index in [-0.39, 0.29) is 0 Å². The van der Waals surface area contributed by atoms with Crippen LogP contribution in [0.5, 0.6) is 0 Å². The van der Waals surface area contributed by atoms with Gasteiger partial charge in [0.05, 0.1) is 5.69 Å². The van der Waals surface area contributed by atoms with Crippen molar-refractivity contribution in [1.82, 2.24) is 0 Å². The Bertz CT molecular complexity index is 1500. The fourth-order valence-electron chi connectivity index (χ4n) is 5.10. The van der Waals surface area contributed by atoms with Crippen molar-refractivity contribution in [2.75, 3.05) is 4.90 Å². The fourth-order valence-corrected chi connectivity index (χ4v) is 5.10. The summed E-state index contributed by atoms with van der Waals surface area (Å²) >= 11 is 0. The minimum Gasteiger partial charge on any atom is -0.310 e. The third-order valence-corrected chi connectivity index (χ3v) is 6.95. The van der Waals surface area contributed by atoms with Crippen LogP contribution in [-0.4, -0.2) is 0 Å². The van der Waals surface area contributed by atoms with Gasteiger partial charge < -0.3 is 4.90 Å². The molecule has 1 nitrogen and oxygen atoms in total. The Balaban J connectivity index is 1.64. The van der Waals surface area contributed by atoms with Crippen molar-refractivity contribution in [1.29, 1.82) is 0 Å². The molecule has 160 valence electrons. The van der Waals surface area contributed by atoms with Gasteiger partial charge in [-0.3, -0.25) is 0 Å². The van der Waals surface area contributed by atoms with Gasteiger partial charge in [-0.05, 0) is 81.2 Å². The predicted octanol–water partition coefficient (Wildman–Crippen LogP) is 9.18. The average Bonchev–Trinajstić information content (AvgIpc) is 2.89. The zero-order chi connectivity index (χ0) is 22.4. The second kappa shape index (κ2) is 7.94. The fraction of sp³-hybridized carbons (Fsp3) is 0.125. The number of hydrogen-bond donors (Lipinski definition) is 0. The van der Waals surface area contributed by atoms with E-state index in [0.29, 0.717) is 0 Å². The van der Waals surface area contributed by atoms with Gasteiger partial charge in [-0.2, -0.15) is 0 Å². The number of benzene rings is 6. The molecule has 0 bridgehead atoms. The highest BCUT2D eigenvalue weighted by Gasteiger charge is 2.18. The van der Waals surface area contributed by atoms with E-state index >= 15 is 0 Å². The van der Waals surface area contributed by atoms with Crippen LogP contribution < -0.4 is 4.90 Å². The summed E-state index contributed by atoms with van der Waals surface area (Å²) in [5.74, 6) is 0. The van der Waals surface area contributed by atoms with Gasteiger partial charge in [0.15, 0.2) is 0 Å². The van der Waals surface area contributed by atoms with Crippen molar-refractivity contribution in [2.45, 2.75) is 26.7 Å². The number of anilines is 3. The Morgan fingerprint density at radius 3 is 1.52 bits per heavy atom. The van der Waals surface area contributed by atoms with E-state index < -0.39 is 0 Å². The van der Waals surface area contributed by atoms with E-state index in [1.165, 1.54) is 60.5 Å². The van der Waals surface area contributed by atoms with E-state index in [1.807, 2.05) is 0 Å². The highest BCUT2D eigenvalue weighted by molar-refractivity contribution is 6.25. The largest absolute Gasteiger partial charge is 0.310 e. The van der Waals surface area contributed by atoms with Crippen LogP contribution in [0.2, 0.25) is 0 Å². The van der Waals surface area contributed by atoms with Crippen LogP contribution in [0.1, 0.15) is 25.0 Å². The van der Waals surface area contributed by atoms with Crippen molar-refractivity contribution in [3.8, 4) is 0 Å². The van der Waals surface area contributed by atoms with Gasteiger partial charge in [-0.15, -0.1) is 0 Å². The van der Waals surface area contributed by atoms with E-state index in [9.17, 15) is 0 Å². The average molecular weight is 426 g/mol. The molecule has 6 rings (SSSR count). The summed E-state index contributed by atoms with van der Waals surface area (Å²) in [6.07, 6.45) is 2.09. The summed E-state index contributed by atoms with van der Waals surface area (Å²) in [6, 6.07) is 38.2. The van der Waals surface area contributed by atoms with Gasteiger partial charge in [0.1, 0.15) is 0 Å². The molecule has 1 heteroatoms. The Morgan fingerprint density at radius 1 is 0.485 bits per heavy atom. The summed E-state index contributed by atoms with van der Waals surface area (Å²) in [5, 5.41) is 7.89. The first kappa shape index (κ1) is 19.8. The molecule has 0 unspecified atom stereocenters. The first-order valence-electron chi connectivity index (χ1n) is 11.9. The molecule has 0 fully saturated rings. The lowest BCUT2D eigenvalue weighted by Gasteiger charge is -2.28. The Morgan fingerprint density at radius 2 is 0.970 bits per heavy atom. The number of aryl methyl sites for hydroxylation is 2. The molecule has 0 saturated heterocycles. The minimum absolute atomic E-state index is 1.05. The molecular formula is C32H27N. The molecule has 6 aromatic rings. The van der Waals surface area contributed by atoms with Crippen LogP contribution in [0.15, 0.2) is 103 Å². The van der Waals surface area contributed by atoms with Crippen molar-refractivity contribution < 1.29 is 0 Å². The molecule has 0 aliphatic rings. The monoisotopic (exact) mass is 425 g/mol. The third kappa shape index (κ3) is 3.24. The number of nitrogens with zero attached hydrogens (tertiary/aromatic N) is 1. The SMILES string of the molecule is CCc1ccc(N(c2ccc(CC)cc2)c2ccc3ccc4cccc5ccc2c3c45)cc1. The number of rotatable bonds is 5. The van der Waals surface area contributed by atoms with Crippen molar-refractivity contribution in [3.05, 3.63) is 114 Å². The second-order valence-electron chi connectivity index (χ2n) is 8.82. The van der Waals surface area contributed by atoms with E-state index in [0.717, 1.165) is 12.8 Å². The lowest BCUT2D eigenvalue weighted by molar-refractivity contribution is 1.13. The third-order valence-electron chi connectivity index (χ3n) is 6.95. The maximum atomic E-state index is 2.41. The van der Waals surface area contributed by atoms with Crippen LogP contribution in [0.25, 0.3) is 32.3 Å². The lowest BCUT2D eigenvalue weighted by Crippen LogP contribution is -2.10. The molecule has 33 heavy (non-hydrogen) atoms. The standard InChI is InChI=1S/C32H27N/c1-3-22-8-16-27(17-9-22)33(28-18-10-23(4-2)11-19-28)30-21-15-26-13-12-24-6-5-7-25-14-20-29(30)32(26)31(24)25/h5-21H,3-4H2,1-2H3. The van der Waals surface area contributed by atoms with Gasteiger partial charge in [0.2, 0.25) is 0 Å². The van der Waals surface area contributed by atoms with Crippen LogP contribution >= 0.6 is 0 Å². The van der Waals surface area contributed by atoms with Crippen molar-refractivity contribution >= 4 is 49.4 Å². The van der Waals surface area contributed by atoms with E-state index in [4.69, 9.17) is 0 Å². The summed E-state index contributed by atoms with van der Waals surface area (Å²) in [6.45, 7) is 4.41. The quantitative estimate of drug-likeness (QED) is 0.249. The molecule has 0 heterocycles. The highest BCUT2D eigenvalue weighted by Crippen LogP contribution is 2.43. The minimum atomic E-state index is 1.05. The van der Waals surface area contributed by atoms with Crippen LogP contribution in [0.4, 0.5) is 17.1 Å². The zero-order valence-electron chi connectivity index (χ0n) is 19.2. The zero-order valence-corrected chi connectivity index (χ0v) is 19.2. The van der Waals surface area contributed by atoms with Crippen molar-refractivity contribution in [3.63, 3.8) is 0 Å². The highest BCUT2D eigenvalue weighted by atomic mass is 15.1. The molecule has 0 radical (unpaired) electrons. The molecule has 0 spiro atoms. The first-order valence-corrected chi connectivity index (χ1v) is 11.9. The molecule has 0 saturated carbocycles. The van der Waals surface area contributed by atoms with E-state index in [2.05, 4.69) is 122 Å². The number of hydrogen-bond acceptors (Lipinski definition) is 1. The van der Waals surface area contributed by atoms with Crippen LogP contribution in [-0.2, 0) is 12.8 Å². The van der Waals surface area contributed by atoms with Gasteiger partial charge >= 0.3 is 0 Å². The normalized spacial score (nSPS) is 11.6. The Kier molecular flexibility index (Phi) is 4.77. The lowest BCUT2D eigenvalue weighted by atomic mass is 9.93. The van der Waals surface area contributed by atoms with Gasteiger partial charge in [-0.25, -0.2) is 0 Å². The van der Waals surface area contributed by atoms with Crippen LogP contribution in [0, 0.1) is 0 Å². The summed E-state index contributed by atoms with van der Waals surface area (Å²) in [5.41, 5.74) is 6.30. The summed E-state index contributed by atoms with van der Waals surface area (Å²) in [4.78, 5) is 2.41. The molecule has 0 aromatic heterocycles. The van der Waals surface area contributed by atoms with Gasteiger partial charge in [0, 0.05) is 16.8 Å². The Labute approximate surface area is 195 Å². The van der Waals surface area contributed by atoms with Gasteiger partial charge in [0.25, 0.3) is 0 Å². The summed E-state index contributed by atoms with van der Waals surface area (Å²) < 4.78 is 0. The van der Waals surface area contributed by atoms with E-state index in [1.54, 1.807) is 0 Å². The molecule has 0 aliphatic carbocycles. The van der Waals surface area contributed by atoms with Gasteiger partial charge in [-0.1, -0.05) is 86.6 Å². The first-order chi connectivity index (χ1) is 16.3. The summed E-state index contributed by atoms with van der Waals surface area (Å²) in [7, 11) is 0. The molecule has 0 aliphatic heterocycles. The topological polar surface area (TPSA) is 3.24 Å². The molecule has 0 N–H and O–H groups in total. The van der Waals surface area contributed by atoms with Crippen molar-refractivity contribution in [2.24, 2.45) is 0 Å². The van der Waals surface area contributed by atoms with Crippen LogP contribution in [0.3, 0.4) is 0 Å².